The summed E-state index contributed by atoms with van der Waals surface area (Å²) in [5.41, 5.74) is 0. The summed E-state index contributed by atoms with van der Waals surface area (Å²) < 4.78 is 154. The number of benzene rings is 8. The second-order valence-electron chi connectivity index (χ2n) is 16.3. The summed E-state index contributed by atoms with van der Waals surface area (Å²) in [4.78, 5) is 0. The van der Waals surface area contributed by atoms with E-state index in [-0.39, 0.29) is 111 Å². The second kappa shape index (κ2) is 42.2. The first kappa shape index (κ1) is 89.9. The van der Waals surface area contributed by atoms with Crippen LogP contribution >= 0.6 is 211 Å². The zero-order chi connectivity index (χ0) is 74.4. The molecule has 8 rings (SSSR count). The Balaban J connectivity index is 0.000000549. The van der Waals surface area contributed by atoms with Gasteiger partial charge in [0, 0.05) is 42.5 Å². The molecule has 0 unspecified atom stereocenters. The lowest BCUT2D eigenvalue weighted by molar-refractivity contribution is 0.362. The standard InChI is InChI=1S/C7H5Br2ClO2.C7H5BrCl2O2.2C7H5BrClFO2.C7H5BrF2O2.C7H5Cl2FO2.C7H5ClF2O2.C7H5F2IO2/c1-12-7-4(10)2-3(8)6(11)5(7)9;2*1-12-4-2-3(11)6(9)5(8)7(4)10;1-12-4-2-3(11)5(8)6(9)7(4)10;1-12-4-2-3(11)5(8)7(10)6(4)9;1-12-4-2-3(11)5(8)6(9)7(4)10;1-12-4-2-3(11)5(8)7(10)6(4)9;1-12-4-2-3(11)7(10)6(9)5(4)8/h8*2,11H,1H3. The second-order valence-corrected chi connectivity index (χ2v) is 25.3. The highest BCUT2D eigenvalue weighted by atomic mass is 127. The first-order valence-electron chi connectivity index (χ1n) is 23.8. The van der Waals surface area contributed by atoms with Gasteiger partial charge in [-0.15, -0.1) is 0 Å². The summed E-state index contributed by atoms with van der Waals surface area (Å²) in [5.74, 6) is -11.5. The third kappa shape index (κ3) is 24.0. The summed E-state index contributed by atoms with van der Waals surface area (Å²) >= 11 is 63.7. The van der Waals surface area contributed by atoms with Crippen molar-refractivity contribution in [3.05, 3.63) is 171 Å². The predicted octanol–water partition coefficient (Wildman–Crippen LogP) is 22.9. The van der Waals surface area contributed by atoms with Gasteiger partial charge in [0.2, 0.25) is 17.5 Å². The molecule has 8 aromatic carbocycles. The van der Waals surface area contributed by atoms with Gasteiger partial charge in [-0.2, -0.15) is 13.2 Å². The third-order valence-electron chi connectivity index (χ3n) is 10.5. The van der Waals surface area contributed by atoms with Crippen LogP contribution in [-0.2, 0) is 0 Å². The summed E-state index contributed by atoms with van der Waals surface area (Å²) in [6.07, 6.45) is 0. The van der Waals surface area contributed by atoms with E-state index in [2.05, 4.69) is 124 Å². The minimum absolute atomic E-state index is 0.000941. The van der Waals surface area contributed by atoms with E-state index < -0.39 is 68.9 Å². The van der Waals surface area contributed by atoms with Crippen molar-refractivity contribution in [1.82, 2.24) is 0 Å². The fourth-order valence-electron chi connectivity index (χ4n) is 5.76. The van der Waals surface area contributed by atoms with Crippen LogP contribution < -0.4 is 37.9 Å². The molecule has 8 aromatic rings. The van der Waals surface area contributed by atoms with E-state index in [0.717, 1.165) is 43.5 Å². The molecule has 0 atom stereocenters. The highest BCUT2D eigenvalue weighted by Crippen LogP contribution is 2.46. The number of rotatable bonds is 8. The number of halogens is 24. The van der Waals surface area contributed by atoms with Crippen LogP contribution in [0.15, 0.2) is 75.4 Å². The zero-order valence-electron chi connectivity index (χ0n) is 48.5. The average Bonchev–Trinajstić information content (AvgIpc) is 0.962. The van der Waals surface area contributed by atoms with Crippen LogP contribution in [0.1, 0.15) is 0 Å². The lowest BCUT2D eigenvalue weighted by atomic mass is 10.3. The van der Waals surface area contributed by atoms with Crippen LogP contribution in [0.4, 0.5) is 39.5 Å². The minimum atomic E-state index is -1.31. The number of methoxy groups -OCH3 is 8. The monoisotopic (exact) mass is 2020 g/mol. The molecule has 0 saturated heterocycles. The maximum Gasteiger partial charge on any atom is 0.202 e. The number of ether oxygens (including phenoxy) is 8. The first-order chi connectivity index (χ1) is 44.6. The molecule has 0 heterocycles. The molecule has 96 heavy (non-hydrogen) atoms. The fraction of sp³-hybridized carbons (Fsp3) is 0.143. The molecule has 8 N–H and O–H groups in total. The van der Waals surface area contributed by atoms with Gasteiger partial charge in [-0.25, -0.2) is 26.3 Å². The molecule has 0 aliphatic heterocycles. The SMILES string of the molecule is COc1c(Cl)cc(Br)c(O)c1Br.COc1cc(O)c(Br)c(Cl)c1F.COc1cc(O)c(Br)c(F)c1F.COc1cc(O)c(Cl)c(Br)c1Cl.COc1cc(O)c(Cl)c(Br)c1F.COc1cc(O)c(Cl)c(Cl)c1F.COc1cc(O)c(Cl)c(F)c1F.COc1cc(O)c(I)c(F)c1F. The number of hydrogen-bond acceptors (Lipinski definition) is 16. The maximum atomic E-state index is 13.1. The van der Waals surface area contributed by atoms with Crippen LogP contribution in [0.5, 0.6) is 92.0 Å². The molecule has 528 valence electrons. The molecular formula is C56H40Br6Cl8F9IO16. The van der Waals surface area contributed by atoms with Gasteiger partial charge in [-0.05, 0) is 124 Å². The van der Waals surface area contributed by atoms with E-state index in [4.69, 9.17) is 133 Å². The molecular weight excluding hydrogens is 1990 g/mol. The lowest BCUT2D eigenvalue weighted by Crippen LogP contribution is -1.94. The molecule has 40 heteroatoms. The molecule has 0 radical (unpaired) electrons. The normalized spacial score (nSPS) is 10.0. The zero-order valence-corrected chi connectivity index (χ0v) is 66.3. The van der Waals surface area contributed by atoms with Crippen molar-refractivity contribution in [3.63, 3.8) is 0 Å². The predicted molar refractivity (Wildman–Crippen MR) is 376 cm³/mol. The van der Waals surface area contributed by atoms with Crippen LogP contribution in [-0.4, -0.2) is 97.7 Å². The Morgan fingerprint density at radius 3 is 1.03 bits per heavy atom. The summed E-state index contributed by atoms with van der Waals surface area (Å²) in [6, 6.07) is 9.16. The van der Waals surface area contributed by atoms with Crippen LogP contribution in [0.3, 0.4) is 0 Å². The molecule has 0 amide bonds. The van der Waals surface area contributed by atoms with Crippen molar-refractivity contribution in [3.8, 4) is 92.0 Å². The van der Waals surface area contributed by atoms with E-state index in [1.165, 1.54) is 78.4 Å². The van der Waals surface area contributed by atoms with Gasteiger partial charge < -0.3 is 78.7 Å². The average molecular weight is 2030 g/mol. The molecule has 0 bridgehead atoms. The van der Waals surface area contributed by atoms with Crippen LogP contribution in [0.25, 0.3) is 0 Å². The van der Waals surface area contributed by atoms with Gasteiger partial charge >= 0.3 is 0 Å². The fourth-order valence-corrected chi connectivity index (χ4v) is 10.6. The van der Waals surface area contributed by atoms with Crippen molar-refractivity contribution in [2.45, 2.75) is 0 Å². The number of aromatic hydroxyl groups is 8. The van der Waals surface area contributed by atoms with E-state index in [9.17, 15) is 49.7 Å². The Morgan fingerprint density at radius 2 is 0.604 bits per heavy atom. The van der Waals surface area contributed by atoms with E-state index in [1.54, 1.807) is 6.07 Å². The Hall–Kier alpha value is -4.14. The summed E-state index contributed by atoms with van der Waals surface area (Å²) in [6.45, 7) is 0. The van der Waals surface area contributed by atoms with Gasteiger partial charge in [-0.1, -0.05) is 92.8 Å². The Bertz CT molecular complexity index is 3440. The Morgan fingerprint density at radius 1 is 0.281 bits per heavy atom. The molecule has 0 aromatic heterocycles. The summed E-state index contributed by atoms with van der Waals surface area (Å²) in [7, 11) is 10.4. The highest BCUT2D eigenvalue weighted by Gasteiger charge is 2.22. The Labute approximate surface area is 642 Å². The van der Waals surface area contributed by atoms with Crippen molar-refractivity contribution in [2.75, 3.05) is 56.9 Å². The number of phenols is 8. The topological polar surface area (TPSA) is 236 Å². The smallest absolute Gasteiger partial charge is 0.202 e. The van der Waals surface area contributed by atoms with Crippen molar-refractivity contribution >= 4 is 211 Å². The third-order valence-corrected chi connectivity index (χ3v) is 19.9. The molecule has 0 fully saturated rings. The van der Waals surface area contributed by atoms with Crippen molar-refractivity contribution < 1.29 is 118 Å². The number of hydrogen-bond donors (Lipinski definition) is 8. The van der Waals surface area contributed by atoms with E-state index in [1.807, 2.05) is 0 Å². The minimum Gasteiger partial charge on any atom is -0.507 e. The maximum absolute atomic E-state index is 13.1. The molecule has 0 spiro atoms. The number of phenolic OH excluding ortho intramolecular Hbond substituents is 8. The van der Waals surface area contributed by atoms with E-state index in [0.29, 0.717) is 35.0 Å². The van der Waals surface area contributed by atoms with Crippen LogP contribution in [0, 0.1) is 55.9 Å². The summed E-state index contributed by atoms with van der Waals surface area (Å²) in [5, 5.41) is 72.5. The van der Waals surface area contributed by atoms with E-state index >= 15 is 0 Å². The lowest BCUT2D eigenvalue weighted by Gasteiger charge is -2.08. The first-order valence-corrected chi connectivity index (χ1v) is 32.7. The van der Waals surface area contributed by atoms with Gasteiger partial charge in [0.1, 0.15) is 71.3 Å². The van der Waals surface area contributed by atoms with Gasteiger partial charge in [0.15, 0.2) is 75.1 Å². The Kier molecular flexibility index (Phi) is 39.5. The van der Waals surface area contributed by atoms with Gasteiger partial charge in [-0.3, -0.25) is 0 Å². The van der Waals surface area contributed by atoms with Gasteiger partial charge in [0.05, 0.1) is 108 Å². The molecule has 0 aliphatic rings. The quantitative estimate of drug-likeness (QED) is 0.0401. The largest absolute Gasteiger partial charge is 0.507 e. The molecule has 0 saturated carbocycles. The van der Waals surface area contributed by atoms with Crippen molar-refractivity contribution in [1.29, 1.82) is 0 Å². The van der Waals surface area contributed by atoms with Gasteiger partial charge in [0.25, 0.3) is 0 Å². The van der Waals surface area contributed by atoms with Crippen LogP contribution in [0.2, 0.25) is 40.2 Å². The highest BCUT2D eigenvalue weighted by molar-refractivity contribution is 14.1. The molecule has 16 nitrogen and oxygen atoms in total. The molecule has 0 aliphatic carbocycles. The van der Waals surface area contributed by atoms with Crippen molar-refractivity contribution in [2.24, 2.45) is 0 Å².